The van der Waals surface area contributed by atoms with Crippen molar-refractivity contribution < 1.29 is 8.78 Å². The average Bonchev–Trinajstić information content (AvgIpc) is 2.46. The van der Waals surface area contributed by atoms with Crippen molar-refractivity contribution in [2.24, 2.45) is 20.5 Å². The summed E-state index contributed by atoms with van der Waals surface area (Å²) in [6.45, 7) is 0. The molecule has 0 N–H and O–H groups in total. The molecule has 2 aromatic rings. The molecular weight excluding hydrogens is 282 g/mol. The van der Waals surface area contributed by atoms with Crippen LogP contribution in [-0.2, 0) is 0 Å². The van der Waals surface area contributed by atoms with E-state index >= 15 is 0 Å². The third kappa shape index (κ3) is 4.36. The highest BCUT2D eigenvalue weighted by Gasteiger charge is 1.94. The van der Waals surface area contributed by atoms with E-state index in [-0.39, 0.29) is 16.7 Å². The number of benzene rings is 2. The van der Waals surface area contributed by atoms with Gasteiger partial charge in [0.05, 0.1) is 11.4 Å². The molecule has 0 saturated carbocycles. The van der Waals surface area contributed by atoms with Crippen LogP contribution in [0.25, 0.3) is 0 Å². The van der Waals surface area contributed by atoms with Gasteiger partial charge in [-0.05, 0) is 60.7 Å². The van der Waals surface area contributed by atoms with Crippen molar-refractivity contribution in [1.29, 1.82) is 0 Å². The maximum atomic E-state index is 12.7. The van der Waals surface area contributed by atoms with E-state index in [1.807, 2.05) is 0 Å². The highest BCUT2D eigenvalue weighted by atomic mass is 32.1. The molecule has 2 rings (SSSR count). The molecule has 0 bridgehead atoms. The van der Waals surface area contributed by atoms with Crippen LogP contribution in [0.15, 0.2) is 69.0 Å². The van der Waals surface area contributed by atoms with Gasteiger partial charge in [-0.3, -0.25) is 0 Å². The molecule has 7 heteroatoms. The lowest BCUT2D eigenvalue weighted by Crippen LogP contribution is -1.79. The Bertz CT molecular complexity index is 594. The van der Waals surface area contributed by atoms with E-state index in [4.69, 9.17) is 12.2 Å². The molecule has 0 aliphatic rings. The van der Waals surface area contributed by atoms with E-state index in [1.54, 1.807) is 0 Å². The molecule has 2 aromatic carbocycles. The summed E-state index contributed by atoms with van der Waals surface area (Å²) in [4.78, 5) is 0. The van der Waals surface area contributed by atoms with E-state index in [2.05, 4.69) is 20.5 Å². The monoisotopic (exact) mass is 290 g/mol. The van der Waals surface area contributed by atoms with Crippen molar-refractivity contribution >= 4 is 28.7 Å². The lowest BCUT2D eigenvalue weighted by atomic mass is 10.3. The zero-order valence-corrected chi connectivity index (χ0v) is 10.9. The van der Waals surface area contributed by atoms with E-state index in [1.165, 1.54) is 48.5 Å². The fourth-order valence-corrected chi connectivity index (χ4v) is 1.32. The Balaban J connectivity index is 1.98. The molecule has 0 spiro atoms. The van der Waals surface area contributed by atoms with Crippen molar-refractivity contribution in [1.82, 2.24) is 0 Å². The Kier molecular flexibility index (Phi) is 4.67. The van der Waals surface area contributed by atoms with Gasteiger partial charge in [-0.2, -0.15) is 0 Å². The van der Waals surface area contributed by atoms with Gasteiger partial charge in [0, 0.05) is 0 Å². The van der Waals surface area contributed by atoms with Gasteiger partial charge in [-0.15, -0.1) is 20.5 Å². The molecule has 0 aliphatic carbocycles. The molecule has 4 nitrogen and oxygen atoms in total. The topological polar surface area (TPSA) is 49.4 Å². The summed E-state index contributed by atoms with van der Waals surface area (Å²) in [6, 6.07) is 10.9. The van der Waals surface area contributed by atoms with E-state index in [0.29, 0.717) is 11.4 Å². The predicted molar refractivity (Wildman–Crippen MR) is 74.4 cm³/mol. The van der Waals surface area contributed by atoms with E-state index in [9.17, 15) is 8.78 Å². The maximum absolute atomic E-state index is 12.7. The highest BCUT2D eigenvalue weighted by molar-refractivity contribution is 7.80. The summed E-state index contributed by atoms with van der Waals surface area (Å²) in [5, 5.41) is 14.8. The van der Waals surface area contributed by atoms with Gasteiger partial charge in [0.25, 0.3) is 5.11 Å². The molecule has 0 atom stereocenters. The van der Waals surface area contributed by atoms with Crippen LogP contribution in [0.5, 0.6) is 0 Å². The summed E-state index contributed by atoms with van der Waals surface area (Å²) in [7, 11) is 0. The Morgan fingerprint density at radius 2 is 1.05 bits per heavy atom. The first-order valence-electron chi connectivity index (χ1n) is 5.52. The largest absolute Gasteiger partial charge is 0.259 e. The number of nitrogens with zero attached hydrogens (tertiary/aromatic N) is 4. The predicted octanol–water partition coefficient (Wildman–Crippen LogP) is 5.12. The number of rotatable bonds is 2. The summed E-state index contributed by atoms with van der Waals surface area (Å²) >= 11 is 4.83. The summed E-state index contributed by atoms with van der Waals surface area (Å²) in [5.74, 6) is -0.718. The second-order valence-electron chi connectivity index (χ2n) is 3.64. The Morgan fingerprint density at radius 1 is 0.700 bits per heavy atom. The van der Waals surface area contributed by atoms with E-state index < -0.39 is 0 Å². The lowest BCUT2D eigenvalue weighted by molar-refractivity contribution is 0.627. The van der Waals surface area contributed by atoms with Crippen molar-refractivity contribution in [3.8, 4) is 0 Å². The maximum Gasteiger partial charge on any atom is 0.259 e. The number of hydrogen-bond donors (Lipinski definition) is 0. The zero-order valence-electron chi connectivity index (χ0n) is 10.1. The quantitative estimate of drug-likeness (QED) is 0.559. The van der Waals surface area contributed by atoms with Gasteiger partial charge in [0.1, 0.15) is 11.6 Å². The highest BCUT2D eigenvalue weighted by Crippen LogP contribution is 2.14. The summed E-state index contributed by atoms with van der Waals surface area (Å²) in [6.07, 6.45) is 0. The minimum atomic E-state index is -0.359. The fourth-order valence-electron chi connectivity index (χ4n) is 1.24. The average molecular weight is 290 g/mol. The first kappa shape index (κ1) is 14.0. The molecule has 0 saturated heterocycles. The molecule has 0 aliphatic heterocycles. The molecule has 0 fully saturated rings. The van der Waals surface area contributed by atoms with Gasteiger partial charge >= 0.3 is 0 Å². The van der Waals surface area contributed by atoms with Crippen LogP contribution in [0.4, 0.5) is 20.2 Å². The zero-order chi connectivity index (χ0) is 14.4. The Labute approximate surface area is 118 Å². The van der Waals surface area contributed by atoms with E-state index in [0.717, 1.165) is 0 Å². The van der Waals surface area contributed by atoms with Crippen molar-refractivity contribution in [2.45, 2.75) is 0 Å². The van der Waals surface area contributed by atoms with Crippen LogP contribution < -0.4 is 0 Å². The van der Waals surface area contributed by atoms with Gasteiger partial charge in [0.2, 0.25) is 0 Å². The molecule has 100 valence electrons. The molecule has 0 amide bonds. The van der Waals surface area contributed by atoms with Gasteiger partial charge in [-0.1, -0.05) is 0 Å². The first-order chi connectivity index (χ1) is 9.63. The normalized spacial score (nSPS) is 11.3. The molecular formula is C13H8F2N4S. The lowest BCUT2D eigenvalue weighted by Gasteiger charge is -1.92. The number of hydrogen-bond acceptors (Lipinski definition) is 3. The Morgan fingerprint density at radius 3 is 1.40 bits per heavy atom. The molecule has 0 unspecified atom stereocenters. The SMILES string of the molecule is Fc1ccc(N=NC(=S)N=Nc2ccc(F)cc2)cc1. The van der Waals surface area contributed by atoms with Crippen LogP contribution in [0, 0.1) is 11.6 Å². The minimum absolute atomic E-state index is 0.0846. The smallest absolute Gasteiger partial charge is 0.207 e. The minimum Gasteiger partial charge on any atom is -0.207 e. The van der Waals surface area contributed by atoms with Crippen LogP contribution >= 0.6 is 12.2 Å². The third-order valence-corrected chi connectivity index (χ3v) is 2.32. The number of thiocarbonyl (C=S) groups is 1. The van der Waals surface area contributed by atoms with Crippen molar-refractivity contribution in [2.75, 3.05) is 0 Å². The summed E-state index contributed by atoms with van der Waals surface area (Å²) in [5.41, 5.74) is 0.900. The molecule has 0 aromatic heterocycles. The van der Waals surface area contributed by atoms with Crippen molar-refractivity contribution in [3.63, 3.8) is 0 Å². The fraction of sp³-hybridized carbons (Fsp3) is 0. The summed E-state index contributed by atoms with van der Waals surface area (Å²) < 4.78 is 25.3. The standard InChI is InChI=1S/C13H8F2N4S/c14-9-1-5-11(6-2-9)16-18-13(20)19-17-12-7-3-10(15)4-8-12/h1-8H. The molecule has 0 radical (unpaired) electrons. The first-order valence-corrected chi connectivity index (χ1v) is 5.93. The second-order valence-corrected chi connectivity index (χ2v) is 4.00. The third-order valence-electron chi connectivity index (χ3n) is 2.16. The van der Waals surface area contributed by atoms with Crippen LogP contribution in [0.2, 0.25) is 0 Å². The second kappa shape index (κ2) is 6.67. The molecule has 0 heterocycles. The van der Waals surface area contributed by atoms with Crippen LogP contribution in [0.3, 0.4) is 0 Å². The number of halogens is 2. The van der Waals surface area contributed by atoms with Gasteiger partial charge in [0.15, 0.2) is 0 Å². The Hall–Kier alpha value is -2.41. The van der Waals surface area contributed by atoms with Crippen LogP contribution in [0.1, 0.15) is 0 Å². The van der Waals surface area contributed by atoms with Gasteiger partial charge in [-0.25, -0.2) is 8.78 Å². The molecule has 20 heavy (non-hydrogen) atoms. The van der Waals surface area contributed by atoms with Crippen molar-refractivity contribution in [3.05, 3.63) is 60.2 Å². The number of azo groups is 2. The van der Waals surface area contributed by atoms with Crippen LogP contribution in [-0.4, -0.2) is 5.11 Å². The van der Waals surface area contributed by atoms with Gasteiger partial charge < -0.3 is 0 Å².